The van der Waals surface area contributed by atoms with Gasteiger partial charge in [0.1, 0.15) is 18.5 Å². The second-order valence-corrected chi connectivity index (χ2v) is 7.27. The molecule has 0 saturated heterocycles. The second-order valence-electron chi connectivity index (χ2n) is 7.27. The van der Waals surface area contributed by atoms with Gasteiger partial charge < -0.3 is 15.0 Å². The van der Waals surface area contributed by atoms with Crippen molar-refractivity contribution in [2.45, 2.75) is 25.6 Å². The van der Waals surface area contributed by atoms with Crippen molar-refractivity contribution in [1.82, 2.24) is 10.2 Å². The Hall–Kier alpha value is -3.67. The summed E-state index contributed by atoms with van der Waals surface area (Å²) in [6, 6.07) is 24.0. The molecule has 0 saturated carbocycles. The summed E-state index contributed by atoms with van der Waals surface area (Å²) in [5, 5.41) is 2.70. The van der Waals surface area contributed by atoms with Crippen molar-refractivity contribution < 1.29 is 18.7 Å². The molecule has 0 heterocycles. The van der Waals surface area contributed by atoms with Crippen molar-refractivity contribution >= 4 is 12.0 Å². The molecule has 3 rings (SSSR count). The molecule has 0 bridgehead atoms. The number of nitrogens with zero attached hydrogens (tertiary/aromatic N) is 1. The first-order valence-corrected chi connectivity index (χ1v) is 10.0. The molecule has 1 atom stereocenters. The molecule has 3 aromatic carbocycles. The van der Waals surface area contributed by atoms with E-state index in [2.05, 4.69) is 5.32 Å². The molecule has 5 nitrogen and oxygen atoms in total. The van der Waals surface area contributed by atoms with Gasteiger partial charge in [-0.1, -0.05) is 72.8 Å². The van der Waals surface area contributed by atoms with Crippen molar-refractivity contribution in [2.24, 2.45) is 0 Å². The predicted octanol–water partition coefficient (Wildman–Crippen LogP) is 4.32. The molecule has 6 heteroatoms. The summed E-state index contributed by atoms with van der Waals surface area (Å²) < 4.78 is 18.4. The molecular formula is C25H25FN2O3. The Bertz CT molecular complexity index is 979. The number of carbonyl (C=O) groups is 2. The van der Waals surface area contributed by atoms with Crippen molar-refractivity contribution in [3.63, 3.8) is 0 Å². The van der Waals surface area contributed by atoms with Gasteiger partial charge in [0, 0.05) is 20.0 Å². The number of hydrogen-bond acceptors (Lipinski definition) is 3. The minimum atomic E-state index is -0.795. The van der Waals surface area contributed by atoms with E-state index in [-0.39, 0.29) is 18.3 Å². The summed E-state index contributed by atoms with van der Waals surface area (Å²) in [6.45, 7) is 0.412. The number of benzene rings is 3. The van der Waals surface area contributed by atoms with Crippen LogP contribution in [-0.2, 0) is 29.1 Å². The third-order valence-electron chi connectivity index (χ3n) is 4.79. The average molecular weight is 420 g/mol. The second kappa shape index (κ2) is 10.9. The fourth-order valence-electron chi connectivity index (χ4n) is 3.16. The number of alkyl carbamates (subject to hydrolysis) is 1. The molecule has 1 N–H and O–H groups in total. The van der Waals surface area contributed by atoms with Gasteiger partial charge in [0.05, 0.1) is 0 Å². The van der Waals surface area contributed by atoms with Crippen LogP contribution < -0.4 is 5.32 Å². The first kappa shape index (κ1) is 22.0. The third-order valence-corrected chi connectivity index (χ3v) is 4.79. The number of rotatable bonds is 8. The first-order valence-electron chi connectivity index (χ1n) is 10.0. The van der Waals surface area contributed by atoms with Gasteiger partial charge in [-0.3, -0.25) is 4.79 Å². The van der Waals surface area contributed by atoms with Crippen molar-refractivity contribution in [2.75, 3.05) is 7.05 Å². The normalized spacial score (nSPS) is 11.4. The minimum absolute atomic E-state index is 0.115. The number of hydrogen-bond donors (Lipinski definition) is 1. The van der Waals surface area contributed by atoms with Crippen LogP contribution in [0.5, 0.6) is 0 Å². The molecular weight excluding hydrogens is 395 g/mol. The zero-order chi connectivity index (χ0) is 22.1. The molecule has 2 amide bonds. The molecule has 3 aromatic rings. The lowest BCUT2D eigenvalue weighted by molar-refractivity contribution is -0.132. The van der Waals surface area contributed by atoms with Gasteiger partial charge in [0.25, 0.3) is 0 Å². The van der Waals surface area contributed by atoms with Crippen molar-refractivity contribution in [3.8, 4) is 0 Å². The van der Waals surface area contributed by atoms with Gasteiger partial charge in [-0.25, -0.2) is 9.18 Å². The Morgan fingerprint density at radius 1 is 0.871 bits per heavy atom. The quantitative estimate of drug-likeness (QED) is 0.590. The molecule has 0 aliphatic rings. The minimum Gasteiger partial charge on any atom is -0.445 e. The summed E-state index contributed by atoms with van der Waals surface area (Å²) in [5.74, 6) is -0.590. The Balaban J connectivity index is 1.66. The fourth-order valence-corrected chi connectivity index (χ4v) is 3.16. The Morgan fingerprint density at radius 3 is 2.06 bits per heavy atom. The van der Waals surface area contributed by atoms with Crippen molar-refractivity contribution in [1.29, 1.82) is 0 Å². The molecule has 0 fully saturated rings. The molecule has 1 unspecified atom stereocenters. The van der Waals surface area contributed by atoms with E-state index in [4.69, 9.17) is 4.74 Å². The van der Waals surface area contributed by atoms with E-state index in [1.165, 1.54) is 17.0 Å². The van der Waals surface area contributed by atoms with E-state index in [1.807, 2.05) is 60.7 Å². The summed E-state index contributed by atoms with van der Waals surface area (Å²) in [6.07, 6.45) is -0.332. The van der Waals surface area contributed by atoms with Crippen LogP contribution in [0.1, 0.15) is 16.7 Å². The summed E-state index contributed by atoms with van der Waals surface area (Å²) in [4.78, 5) is 27.0. The largest absolute Gasteiger partial charge is 0.445 e. The smallest absolute Gasteiger partial charge is 0.408 e. The summed E-state index contributed by atoms with van der Waals surface area (Å²) >= 11 is 0. The number of nitrogens with one attached hydrogen (secondary N) is 1. The number of carbonyl (C=O) groups excluding carboxylic acids is 2. The van der Waals surface area contributed by atoms with Crippen LogP contribution in [0, 0.1) is 5.82 Å². The topological polar surface area (TPSA) is 58.6 Å². The van der Waals surface area contributed by atoms with Gasteiger partial charge >= 0.3 is 6.09 Å². The molecule has 160 valence electrons. The number of likely N-dealkylation sites (N-methyl/N-ethyl adjacent to an activating group) is 1. The monoisotopic (exact) mass is 420 g/mol. The van der Waals surface area contributed by atoms with Gasteiger partial charge in [-0.2, -0.15) is 0 Å². The van der Waals surface area contributed by atoms with Crippen molar-refractivity contribution in [3.05, 3.63) is 107 Å². The van der Waals surface area contributed by atoms with Crippen LogP contribution in [-0.4, -0.2) is 30.0 Å². The zero-order valence-corrected chi connectivity index (χ0v) is 17.3. The van der Waals surface area contributed by atoms with Crippen LogP contribution in [0.15, 0.2) is 84.9 Å². The Kier molecular flexibility index (Phi) is 7.76. The lowest BCUT2D eigenvalue weighted by Gasteiger charge is -2.25. The van der Waals surface area contributed by atoms with Gasteiger partial charge in [-0.15, -0.1) is 0 Å². The molecule has 0 spiro atoms. The molecule has 0 aliphatic heterocycles. The standard InChI is InChI=1S/C25H25FN2O3/c1-28(17-20-12-14-22(26)15-13-20)24(29)23(16-19-8-4-2-5-9-19)27-25(30)31-18-21-10-6-3-7-11-21/h2-15,23H,16-18H2,1H3,(H,27,30). The third kappa shape index (κ3) is 6.96. The molecule has 31 heavy (non-hydrogen) atoms. The maximum Gasteiger partial charge on any atom is 0.408 e. The van der Waals surface area contributed by atoms with Gasteiger partial charge in [0.2, 0.25) is 5.91 Å². The van der Waals surface area contributed by atoms with E-state index in [1.54, 1.807) is 19.2 Å². The Morgan fingerprint density at radius 2 is 1.45 bits per heavy atom. The highest BCUT2D eigenvalue weighted by molar-refractivity contribution is 5.85. The van der Waals surface area contributed by atoms with Gasteiger partial charge in [-0.05, 0) is 28.8 Å². The fraction of sp³-hybridized carbons (Fsp3) is 0.200. The van der Waals surface area contributed by atoms with E-state index >= 15 is 0 Å². The van der Waals surface area contributed by atoms with Crippen LogP contribution in [0.25, 0.3) is 0 Å². The highest BCUT2D eigenvalue weighted by atomic mass is 19.1. The average Bonchev–Trinajstić information content (AvgIpc) is 2.79. The number of amides is 2. The number of halogens is 1. The molecule has 0 radical (unpaired) electrons. The highest BCUT2D eigenvalue weighted by Gasteiger charge is 2.25. The lowest BCUT2D eigenvalue weighted by atomic mass is 10.0. The van der Waals surface area contributed by atoms with E-state index in [9.17, 15) is 14.0 Å². The maximum atomic E-state index is 13.1. The Labute approximate surface area is 181 Å². The number of ether oxygens (including phenoxy) is 1. The lowest BCUT2D eigenvalue weighted by Crippen LogP contribution is -2.48. The first-order chi connectivity index (χ1) is 15.0. The molecule has 0 aromatic heterocycles. The van der Waals surface area contributed by atoms with Crippen LogP contribution in [0.2, 0.25) is 0 Å². The summed E-state index contributed by atoms with van der Waals surface area (Å²) in [7, 11) is 1.65. The van der Waals surface area contributed by atoms with Crippen LogP contribution in [0.4, 0.5) is 9.18 Å². The molecule has 0 aliphatic carbocycles. The highest BCUT2D eigenvalue weighted by Crippen LogP contribution is 2.10. The summed E-state index contributed by atoms with van der Waals surface area (Å²) in [5.41, 5.74) is 2.57. The van der Waals surface area contributed by atoms with E-state index < -0.39 is 12.1 Å². The van der Waals surface area contributed by atoms with Crippen LogP contribution in [0.3, 0.4) is 0 Å². The van der Waals surface area contributed by atoms with Gasteiger partial charge in [0.15, 0.2) is 0 Å². The zero-order valence-electron chi connectivity index (χ0n) is 17.3. The maximum absolute atomic E-state index is 13.1. The van der Waals surface area contributed by atoms with Crippen LogP contribution >= 0.6 is 0 Å². The SMILES string of the molecule is CN(Cc1ccc(F)cc1)C(=O)C(Cc1ccccc1)NC(=O)OCc1ccccc1. The predicted molar refractivity (Wildman–Crippen MR) is 117 cm³/mol. The van der Waals surface area contributed by atoms with E-state index in [0.717, 1.165) is 16.7 Å². The van der Waals surface area contributed by atoms with E-state index in [0.29, 0.717) is 13.0 Å².